The Kier molecular flexibility index (Phi) is 4.46. The molecule has 0 aromatic rings. The van der Waals surface area contributed by atoms with E-state index in [0.717, 1.165) is 17.4 Å². The topological polar surface area (TPSA) is 17.1 Å². The summed E-state index contributed by atoms with van der Waals surface area (Å²) in [5.41, 5.74) is 2.28. The molecule has 2 heteroatoms. The first kappa shape index (κ1) is 15.5. The second kappa shape index (κ2) is 5.19. The van der Waals surface area contributed by atoms with Crippen molar-refractivity contribution < 1.29 is 4.79 Å². The molecule has 18 heavy (non-hydrogen) atoms. The van der Waals surface area contributed by atoms with E-state index in [1.165, 1.54) is 8.94 Å². The summed E-state index contributed by atoms with van der Waals surface area (Å²) < 4.78 is 2.94. The molecule has 0 aromatic heterocycles. The van der Waals surface area contributed by atoms with Crippen LogP contribution in [-0.4, -0.2) is 21.2 Å². The van der Waals surface area contributed by atoms with Crippen LogP contribution in [0, 0.1) is 10.8 Å². The average molecular weight is 311 g/mol. The van der Waals surface area contributed by atoms with E-state index in [9.17, 15) is 4.79 Å². The zero-order valence-electron chi connectivity index (χ0n) is 12.5. The van der Waals surface area contributed by atoms with Crippen LogP contribution in [0.4, 0.5) is 0 Å². The average Bonchev–Trinajstić information content (AvgIpc) is 2.25. The van der Waals surface area contributed by atoms with Crippen molar-refractivity contribution in [2.24, 2.45) is 10.8 Å². The van der Waals surface area contributed by atoms with Crippen molar-refractivity contribution in [3.8, 4) is 0 Å². The van der Waals surface area contributed by atoms with Gasteiger partial charge in [-0.3, -0.25) is 0 Å². The molecule has 0 unspecified atom stereocenters. The maximum atomic E-state index is 11.0. The molecule has 0 saturated heterocycles. The monoisotopic (exact) mass is 312 g/mol. The second-order valence-electron chi connectivity index (χ2n) is 6.88. The molecule has 1 heterocycles. The van der Waals surface area contributed by atoms with E-state index in [2.05, 4.69) is 53.7 Å². The molecule has 0 spiro atoms. The van der Waals surface area contributed by atoms with Crippen LogP contribution in [0.5, 0.6) is 0 Å². The number of rotatable bonds is 1. The third-order valence-electron chi connectivity index (χ3n) is 2.90. The first-order chi connectivity index (χ1) is 8.05. The van der Waals surface area contributed by atoms with E-state index in [0.29, 0.717) is 15.0 Å². The second-order valence-corrected chi connectivity index (χ2v) is 9.15. The molecular formula is C16H24OSe. The molecule has 0 bridgehead atoms. The zero-order chi connectivity index (χ0) is 14.1. The third kappa shape index (κ3) is 3.70. The SMILES string of the molecule is CC(C=O)=C1C=C(C(C)(C)C)[Se]C(C(C)(C)C)=C1. The van der Waals surface area contributed by atoms with E-state index in [4.69, 9.17) is 0 Å². The van der Waals surface area contributed by atoms with Gasteiger partial charge in [0, 0.05) is 0 Å². The number of hydrogen-bond donors (Lipinski definition) is 0. The summed E-state index contributed by atoms with van der Waals surface area (Å²) in [6, 6.07) is 0. The third-order valence-corrected chi connectivity index (χ3v) is 6.89. The Morgan fingerprint density at radius 3 is 1.67 bits per heavy atom. The van der Waals surface area contributed by atoms with Crippen molar-refractivity contribution in [1.82, 2.24) is 0 Å². The number of aldehydes is 1. The fourth-order valence-electron chi connectivity index (χ4n) is 1.54. The van der Waals surface area contributed by atoms with Gasteiger partial charge in [0.2, 0.25) is 0 Å². The van der Waals surface area contributed by atoms with Crippen LogP contribution in [0.15, 0.2) is 32.2 Å². The molecule has 0 amide bonds. The van der Waals surface area contributed by atoms with Crippen molar-refractivity contribution in [3.63, 3.8) is 0 Å². The summed E-state index contributed by atoms with van der Waals surface area (Å²) in [6.45, 7) is 15.4. The molecule has 0 fully saturated rings. The molecule has 1 nitrogen and oxygen atoms in total. The normalized spacial score (nSPS) is 17.2. The summed E-state index contributed by atoms with van der Waals surface area (Å²) in [7, 11) is 0. The molecule has 0 aromatic carbocycles. The number of allylic oxidation sites excluding steroid dienone is 6. The minimum atomic E-state index is 0.180. The van der Waals surface area contributed by atoms with Crippen molar-refractivity contribution in [2.45, 2.75) is 48.5 Å². The van der Waals surface area contributed by atoms with Crippen LogP contribution in [0.3, 0.4) is 0 Å². The number of hydrogen-bond acceptors (Lipinski definition) is 1. The molecule has 1 rings (SSSR count). The van der Waals surface area contributed by atoms with Crippen LogP contribution in [0.1, 0.15) is 48.5 Å². The first-order valence-electron chi connectivity index (χ1n) is 6.34. The Morgan fingerprint density at radius 2 is 1.39 bits per heavy atom. The van der Waals surface area contributed by atoms with E-state index in [1.807, 2.05) is 6.92 Å². The Labute approximate surface area is 118 Å². The van der Waals surface area contributed by atoms with E-state index >= 15 is 0 Å². The Morgan fingerprint density at radius 1 is 1.00 bits per heavy atom. The van der Waals surface area contributed by atoms with Crippen molar-refractivity contribution in [2.75, 3.05) is 0 Å². The van der Waals surface area contributed by atoms with Gasteiger partial charge in [0.15, 0.2) is 0 Å². The predicted octanol–water partition coefficient (Wildman–Crippen LogP) is 4.08. The summed E-state index contributed by atoms with van der Waals surface area (Å²) >= 11 is 0.392. The van der Waals surface area contributed by atoms with Crippen molar-refractivity contribution >= 4 is 21.2 Å². The molecule has 0 radical (unpaired) electrons. The van der Waals surface area contributed by atoms with Crippen LogP contribution in [0.2, 0.25) is 0 Å². The molecular weight excluding hydrogens is 287 g/mol. The first-order valence-corrected chi connectivity index (χ1v) is 8.05. The van der Waals surface area contributed by atoms with Gasteiger partial charge < -0.3 is 0 Å². The predicted molar refractivity (Wildman–Crippen MR) is 79.6 cm³/mol. The van der Waals surface area contributed by atoms with Gasteiger partial charge in [0.25, 0.3) is 0 Å². The zero-order valence-corrected chi connectivity index (χ0v) is 14.3. The molecule has 0 atom stereocenters. The van der Waals surface area contributed by atoms with Crippen LogP contribution in [0.25, 0.3) is 0 Å². The van der Waals surface area contributed by atoms with Crippen LogP contribution < -0.4 is 0 Å². The van der Waals surface area contributed by atoms with Gasteiger partial charge in [-0.25, -0.2) is 0 Å². The molecule has 1 aliphatic heterocycles. The van der Waals surface area contributed by atoms with Gasteiger partial charge in [-0.1, -0.05) is 0 Å². The van der Waals surface area contributed by atoms with Crippen LogP contribution in [-0.2, 0) is 4.79 Å². The maximum absolute atomic E-state index is 11.0. The Hall–Kier alpha value is -0.591. The molecule has 0 N–H and O–H groups in total. The Balaban J connectivity index is 3.32. The number of carbonyl (C=O) groups excluding carboxylic acids is 1. The van der Waals surface area contributed by atoms with Crippen LogP contribution >= 0.6 is 0 Å². The summed E-state index contributed by atoms with van der Waals surface area (Å²) in [4.78, 5) is 11.0. The van der Waals surface area contributed by atoms with Gasteiger partial charge in [-0.05, 0) is 0 Å². The van der Waals surface area contributed by atoms with Gasteiger partial charge in [0.05, 0.1) is 0 Å². The standard InChI is InChI=1S/C16H24OSe/c1-11(10-17)12-8-13(15(2,3)4)18-14(9-12)16(5,6)7/h8-10H,1-7H3. The van der Waals surface area contributed by atoms with E-state index in [1.54, 1.807) is 0 Å². The van der Waals surface area contributed by atoms with Gasteiger partial charge in [-0.2, -0.15) is 0 Å². The minimum absolute atomic E-state index is 0.180. The van der Waals surface area contributed by atoms with E-state index < -0.39 is 0 Å². The number of carbonyl (C=O) groups is 1. The van der Waals surface area contributed by atoms with Gasteiger partial charge in [0.1, 0.15) is 0 Å². The van der Waals surface area contributed by atoms with Gasteiger partial charge in [-0.15, -0.1) is 0 Å². The fraction of sp³-hybridized carbons (Fsp3) is 0.562. The van der Waals surface area contributed by atoms with Gasteiger partial charge >= 0.3 is 118 Å². The molecule has 1 aliphatic rings. The Bertz CT molecular complexity index is 405. The van der Waals surface area contributed by atoms with E-state index in [-0.39, 0.29) is 10.8 Å². The summed E-state index contributed by atoms with van der Waals surface area (Å²) in [6.07, 6.45) is 5.40. The van der Waals surface area contributed by atoms with Crippen molar-refractivity contribution in [3.05, 3.63) is 32.2 Å². The molecule has 100 valence electrons. The summed E-state index contributed by atoms with van der Waals surface area (Å²) in [5, 5.41) is 0. The summed E-state index contributed by atoms with van der Waals surface area (Å²) in [5.74, 6) is 0. The van der Waals surface area contributed by atoms with Crippen molar-refractivity contribution in [1.29, 1.82) is 0 Å². The molecule has 0 saturated carbocycles. The molecule has 0 aliphatic carbocycles. The quantitative estimate of drug-likeness (QED) is 0.405. The fourth-order valence-corrected chi connectivity index (χ4v) is 4.10.